The highest BCUT2D eigenvalue weighted by molar-refractivity contribution is 7.90. The van der Waals surface area contributed by atoms with Gasteiger partial charge in [0.25, 0.3) is 0 Å². The van der Waals surface area contributed by atoms with E-state index in [1.54, 1.807) is 23.5 Å². The molecule has 7 heteroatoms. The van der Waals surface area contributed by atoms with Crippen LogP contribution in [0.2, 0.25) is 0 Å². The van der Waals surface area contributed by atoms with Crippen LogP contribution in [0.15, 0.2) is 40.7 Å². The van der Waals surface area contributed by atoms with Gasteiger partial charge in [-0.3, -0.25) is 0 Å². The maximum Gasteiger partial charge on any atom is 0.175 e. The Morgan fingerprint density at radius 3 is 2.71 bits per heavy atom. The Labute approximate surface area is 128 Å². The van der Waals surface area contributed by atoms with Gasteiger partial charge < -0.3 is 10.2 Å². The smallest absolute Gasteiger partial charge is 0.175 e. The largest absolute Gasteiger partial charge is 0.359 e. The van der Waals surface area contributed by atoms with Crippen LogP contribution in [0, 0.1) is 0 Å². The van der Waals surface area contributed by atoms with Gasteiger partial charge in [0.1, 0.15) is 5.01 Å². The minimum Gasteiger partial charge on any atom is -0.359 e. The van der Waals surface area contributed by atoms with Crippen LogP contribution in [-0.4, -0.2) is 39.3 Å². The number of hydrogen-bond donors (Lipinski definition) is 1. The third kappa shape index (κ3) is 3.09. The first-order valence-electron chi connectivity index (χ1n) is 6.72. The number of aromatic nitrogens is 1. The van der Waals surface area contributed by atoms with Crippen molar-refractivity contribution in [2.24, 2.45) is 0 Å². The molecule has 3 rings (SSSR count). The zero-order valence-electron chi connectivity index (χ0n) is 11.7. The Balaban J connectivity index is 1.90. The molecule has 0 radical (unpaired) electrons. The van der Waals surface area contributed by atoms with Crippen LogP contribution in [0.25, 0.3) is 0 Å². The Morgan fingerprint density at radius 2 is 2.10 bits per heavy atom. The molecule has 1 unspecified atom stereocenters. The zero-order valence-corrected chi connectivity index (χ0v) is 13.3. The summed E-state index contributed by atoms with van der Waals surface area (Å²) in [5, 5.41) is 6.45. The number of piperazine rings is 1. The summed E-state index contributed by atoms with van der Waals surface area (Å²) in [5.41, 5.74) is 1.03. The molecule has 1 fully saturated rings. The summed E-state index contributed by atoms with van der Waals surface area (Å²) in [5.74, 6) is 0. The second-order valence-electron chi connectivity index (χ2n) is 5.05. The molecule has 1 aliphatic rings. The second kappa shape index (κ2) is 5.75. The molecule has 2 aromatic rings. The predicted molar refractivity (Wildman–Crippen MR) is 84.6 cm³/mol. The summed E-state index contributed by atoms with van der Waals surface area (Å²) in [6.07, 6.45) is 3.05. The van der Waals surface area contributed by atoms with Gasteiger partial charge in [0, 0.05) is 43.2 Å². The van der Waals surface area contributed by atoms with Gasteiger partial charge in [0.2, 0.25) is 0 Å². The molecular formula is C14H17N3O2S2. The molecule has 1 aliphatic heterocycles. The predicted octanol–water partition coefficient (Wildman–Crippen LogP) is 1.70. The van der Waals surface area contributed by atoms with Crippen molar-refractivity contribution in [2.75, 3.05) is 30.8 Å². The van der Waals surface area contributed by atoms with Crippen molar-refractivity contribution in [3.8, 4) is 0 Å². The van der Waals surface area contributed by atoms with E-state index in [0.29, 0.717) is 4.90 Å². The first-order chi connectivity index (χ1) is 10.1. The third-order valence-electron chi connectivity index (χ3n) is 3.58. The van der Waals surface area contributed by atoms with Gasteiger partial charge in [-0.2, -0.15) is 0 Å². The van der Waals surface area contributed by atoms with E-state index in [4.69, 9.17) is 0 Å². The molecular weight excluding hydrogens is 306 g/mol. The standard InChI is InChI=1S/C14H17N3O2S2/c1-21(18,19)12-4-2-11(3-5-12)17-8-6-15-10-13(17)14-16-7-9-20-14/h2-5,7,9,13,15H,6,8,10H2,1H3. The molecule has 0 saturated carbocycles. The fourth-order valence-electron chi connectivity index (χ4n) is 2.52. The lowest BCUT2D eigenvalue weighted by Gasteiger charge is -2.36. The van der Waals surface area contributed by atoms with Gasteiger partial charge in [0.05, 0.1) is 10.9 Å². The molecule has 0 spiro atoms. The van der Waals surface area contributed by atoms with Crippen LogP contribution in [0.4, 0.5) is 5.69 Å². The molecule has 0 amide bonds. The van der Waals surface area contributed by atoms with Crippen LogP contribution < -0.4 is 10.2 Å². The van der Waals surface area contributed by atoms with Crippen LogP contribution in [0.5, 0.6) is 0 Å². The van der Waals surface area contributed by atoms with Gasteiger partial charge in [-0.05, 0) is 24.3 Å². The van der Waals surface area contributed by atoms with E-state index in [1.807, 2.05) is 23.7 Å². The molecule has 0 aliphatic carbocycles. The Kier molecular flexibility index (Phi) is 3.97. The number of nitrogens with zero attached hydrogens (tertiary/aromatic N) is 2. The maximum atomic E-state index is 11.5. The van der Waals surface area contributed by atoms with Crippen molar-refractivity contribution in [2.45, 2.75) is 10.9 Å². The summed E-state index contributed by atoms with van der Waals surface area (Å²) in [6, 6.07) is 7.30. The average molecular weight is 323 g/mol. The Hall–Kier alpha value is -1.44. The first-order valence-corrected chi connectivity index (χ1v) is 9.50. The van der Waals surface area contributed by atoms with E-state index in [9.17, 15) is 8.42 Å². The van der Waals surface area contributed by atoms with Crippen LogP contribution in [0.3, 0.4) is 0 Å². The summed E-state index contributed by atoms with van der Waals surface area (Å²) in [4.78, 5) is 7.05. The van der Waals surface area contributed by atoms with E-state index in [2.05, 4.69) is 15.2 Å². The summed E-state index contributed by atoms with van der Waals surface area (Å²) in [7, 11) is -3.15. The Bertz CT molecular complexity index is 696. The highest BCUT2D eigenvalue weighted by atomic mass is 32.2. The fraction of sp³-hybridized carbons (Fsp3) is 0.357. The fourth-order valence-corrected chi connectivity index (χ4v) is 3.90. The highest BCUT2D eigenvalue weighted by Gasteiger charge is 2.26. The van der Waals surface area contributed by atoms with Crippen molar-refractivity contribution in [3.05, 3.63) is 40.8 Å². The van der Waals surface area contributed by atoms with Gasteiger partial charge in [-0.25, -0.2) is 13.4 Å². The van der Waals surface area contributed by atoms with Crippen LogP contribution in [0.1, 0.15) is 11.0 Å². The summed E-state index contributed by atoms with van der Waals surface area (Å²) >= 11 is 1.65. The minimum absolute atomic E-state index is 0.197. The number of rotatable bonds is 3. The summed E-state index contributed by atoms with van der Waals surface area (Å²) < 4.78 is 23.1. The number of benzene rings is 1. The molecule has 21 heavy (non-hydrogen) atoms. The monoisotopic (exact) mass is 323 g/mol. The van der Waals surface area contributed by atoms with Gasteiger partial charge in [-0.1, -0.05) is 0 Å². The summed E-state index contributed by atoms with van der Waals surface area (Å²) in [6.45, 7) is 2.64. The third-order valence-corrected chi connectivity index (χ3v) is 5.58. The molecule has 1 N–H and O–H groups in total. The number of hydrogen-bond acceptors (Lipinski definition) is 6. The lowest BCUT2D eigenvalue weighted by Crippen LogP contribution is -2.46. The molecule has 1 atom stereocenters. The zero-order chi connectivity index (χ0) is 14.9. The minimum atomic E-state index is -3.15. The van der Waals surface area contributed by atoms with Crippen molar-refractivity contribution < 1.29 is 8.42 Å². The second-order valence-corrected chi connectivity index (χ2v) is 7.99. The highest BCUT2D eigenvalue weighted by Crippen LogP contribution is 2.30. The molecule has 5 nitrogen and oxygen atoms in total. The van der Waals surface area contributed by atoms with E-state index >= 15 is 0 Å². The molecule has 1 saturated heterocycles. The van der Waals surface area contributed by atoms with Crippen LogP contribution >= 0.6 is 11.3 Å². The average Bonchev–Trinajstić information content (AvgIpc) is 3.01. The van der Waals surface area contributed by atoms with Crippen molar-refractivity contribution in [3.63, 3.8) is 0 Å². The number of sulfone groups is 1. The lowest BCUT2D eigenvalue weighted by atomic mass is 10.1. The lowest BCUT2D eigenvalue weighted by molar-refractivity contribution is 0.488. The maximum absolute atomic E-state index is 11.5. The van der Waals surface area contributed by atoms with E-state index < -0.39 is 9.84 Å². The van der Waals surface area contributed by atoms with Crippen molar-refractivity contribution in [1.82, 2.24) is 10.3 Å². The molecule has 112 valence electrons. The van der Waals surface area contributed by atoms with E-state index in [0.717, 1.165) is 30.3 Å². The van der Waals surface area contributed by atoms with Gasteiger partial charge >= 0.3 is 0 Å². The Morgan fingerprint density at radius 1 is 1.33 bits per heavy atom. The van der Waals surface area contributed by atoms with Gasteiger partial charge in [-0.15, -0.1) is 11.3 Å². The topological polar surface area (TPSA) is 62.3 Å². The number of nitrogens with one attached hydrogen (secondary N) is 1. The molecule has 1 aromatic carbocycles. The first kappa shape index (κ1) is 14.5. The quantitative estimate of drug-likeness (QED) is 0.931. The molecule has 2 heterocycles. The molecule has 0 bridgehead atoms. The SMILES string of the molecule is CS(=O)(=O)c1ccc(N2CCNCC2c2nccs2)cc1. The normalized spacial score (nSPS) is 19.7. The van der Waals surface area contributed by atoms with E-state index in [-0.39, 0.29) is 6.04 Å². The van der Waals surface area contributed by atoms with Crippen LogP contribution in [-0.2, 0) is 9.84 Å². The van der Waals surface area contributed by atoms with Crippen molar-refractivity contribution >= 4 is 26.9 Å². The number of thiazole rings is 1. The molecule has 1 aromatic heterocycles. The van der Waals surface area contributed by atoms with Crippen molar-refractivity contribution in [1.29, 1.82) is 0 Å². The van der Waals surface area contributed by atoms with Gasteiger partial charge in [0.15, 0.2) is 9.84 Å². The van der Waals surface area contributed by atoms with E-state index in [1.165, 1.54) is 6.26 Å². The number of anilines is 1.